The molecule has 0 atom stereocenters. The lowest BCUT2D eigenvalue weighted by atomic mass is 10.0. The minimum atomic E-state index is -0.107. The molecule has 0 fully saturated rings. The monoisotopic (exact) mass is 651 g/mol. The molecule has 0 saturated carbocycles. The summed E-state index contributed by atoms with van der Waals surface area (Å²) in [6.45, 7) is 6.86. The SMILES string of the molecule is CCCCCCCCC(CCCCCCCC)[SiH2]CCCOCCOc1ccc([I+]c2ccccc2)cc1. The minimum Gasteiger partial charge on any atom is -0.491 e. The van der Waals surface area contributed by atoms with E-state index in [1.807, 2.05) is 0 Å². The molecule has 4 heteroatoms. The molecule has 0 bridgehead atoms. The van der Waals surface area contributed by atoms with Crippen molar-refractivity contribution in [3.63, 3.8) is 0 Å². The zero-order valence-corrected chi connectivity index (χ0v) is 28.2. The van der Waals surface area contributed by atoms with Crippen LogP contribution >= 0.6 is 0 Å². The van der Waals surface area contributed by atoms with Gasteiger partial charge in [0.1, 0.15) is 12.4 Å². The lowest BCUT2D eigenvalue weighted by Crippen LogP contribution is -3.61. The van der Waals surface area contributed by atoms with E-state index in [9.17, 15) is 0 Å². The molecule has 0 saturated heterocycles. The standard InChI is InChI=1S/C34H56IO2Si/c1-3-5-7-9-11-16-21-34(22-17-12-10-8-6-4-2)38-30-18-27-36-28-29-37-33-25-23-32(24-26-33)35-31-19-14-13-15-20-31/h13-15,19-20,23-26,34H,3-12,16-18,21-22,27-30,38H2,1-2H3/q+1. The van der Waals surface area contributed by atoms with E-state index in [2.05, 4.69) is 68.4 Å². The van der Waals surface area contributed by atoms with Gasteiger partial charge in [0.25, 0.3) is 0 Å². The Hall–Kier alpha value is -0.853. The summed E-state index contributed by atoms with van der Waals surface area (Å²) in [4.78, 5) is 0. The van der Waals surface area contributed by atoms with Gasteiger partial charge in [-0.25, -0.2) is 0 Å². The summed E-state index contributed by atoms with van der Waals surface area (Å²) in [7, 11) is 0.0217. The van der Waals surface area contributed by atoms with Crippen molar-refractivity contribution in [2.75, 3.05) is 19.8 Å². The Bertz CT molecular complexity index is 752. The van der Waals surface area contributed by atoms with Crippen molar-refractivity contribution in [2.45, 2.75) is 122 Å². The average Bonchev–Trinajstić information content (AvgIpc) is 2.95. The summed E-state index contributed by atoms with van der Waals surface area (Å²) in [6, 6.07) is 20.9. The number of rotatable bonds is 25. The molecule has 0 aliphatic carbocycles. The van der Waals surface area contributed by atoms with Gasteiger partial charge in [-0.15, -0.1) is 0 Å². The van der Waals surface area contributed by atoms with E-state index < -0.39 is 0 Å². The molecule has 0 spiro atoms. The molecule has 0 amide bonds. The molecule has 2 nitrogen and oxygen atoms in total. The van der Waals surface area contributed by atoms with E-state index in [1.54, 1.807) is 0 Å². The number of hydrogen-bond donors (Lipinski definition) is 0. The average molecular weight is 652 g/mol. The van der Waals surface area contributed by atoms with E-state index in [0.29, 0.717) is 13.2 Å². The van der Waals surface area contributed by atoms with Gasteiger partial charge in [-0.2, -0.15) is 0 Å². The topological polar surface area (TPSA) is 18.5 Å². The van der Waals surface area contributed by atoms with E-state index in [1.165, 1.54) is 109 Å². The fraction of sp³-hybridized carbons (Fsp3) is 0.647. The molecule has 0 unspecified atom stereocenters. The van der Waals surface area contributed by atoms with Gasteiger partial charge in [0, 0.05) is 16.1 Å². The Morgan fingerprint density at radius 2 is 1.18 bits per heavy atom. The first kappa shape index (κ1) is 33.4. The number of halogens is 1. The van der Waals surface area contributed by atoms with Crippen molar-refractivity contribution in [3.8, 4) is 5.75 Å². The van der Waals surface area contributed by atoms with Crippen LogP contribution in [0.2, 0.25) is 11.6 Å². The summed E-state index contributed by atoms with van der Waals surface area (Å²) in [5.41, 5.74) is 1.07. The van der Waals surface area contributed by atoms with E-state index >= 15 is 0 Å². The van der Waals surface area contributed by atoms with Gasteiger partial charge in [0.15, 0.2) is 7.14 Å². The Balaban J connectivity index is 1.52. The van der Waals surface area contributed by atoms with Gasteiger partial charge in [0.05, 0.1) is 6.61 Å². The van der Waals surface area contributed by atoms with E-state index in [-0.39, 0.29) is 30.7 Å². The quantitative estimate of drug-likeness (QED) is 0.0696. The van der Waals surface area contributed by atoms with Crippen LogP contribution in [-0.2, 0) is 4.74 Å². The van der Waals surface area contributed by atoms with Gasteiger partial charge in [-0.05, 0) is 42.8 Å². The number of unbranched alkanes of at least 4 members (excludes halogenated alkanes) is 10. The maximum atomic E-state index is 5.91. The summed E-state index contributed by atoms with van der Waals surface area (Å²) in [6.07, 6.45) is 21.5. The molecule has 214 valence electrons. The first-order valence-corrected chi connectivity index (χ1v) is 19.8. The second-order valence-corrected chi connectivity index (χ2v) is 16.2. The third-order valence-corrected chi connectivity index (χ3v) is 12.6. The lowest BCUT2D eigenvalue weighted by Gasteiger charge is -2.16. The number of hydrogen-bond acceptors (Lipinski definition) is 2. The molecule has 0 radical (unpaired) electrons. The van der Waals surface area contributed by atoms with Gasteiger partial charge in [0.2, 0.25) is 0 Å². The lowest BCUT2D eigenvalue weighted by molar-refractivity contribution is -0.597. The van der Waals surface area contributed by atoms with Crippen LogP contribution in [0.4, 0.5) is 0 Å². The van der Waals surface area contributed by atoms with Gasteiger partial charge < -0.3 is 9.47 Å². The first-order valence-electron chi connectivity index (χ1n) is 15.8. The smallest absolute Gasteiger partial charge is 0.357 e. The van der Waals surface area contributed by atoms with Crippen LogP contribution in [0.3, 0.4) is 0 Å². The molecule has 0 aliphatic heterocycles. The molecule has 0 heterocycles. The molecule has 2 aromatic rings. The van der Waals surface area contributed by atoms with Gasteiger partial charge in [-0.1, -0.05) is 134 Å². The molecule has 0 N–H and O–H groups in total. The maximum absolute atomic E-state index is 5.91. The molecule has 38 heavy (non-hydrogen) atoms. The van der Waals surface area contributed by atoms with E-state index in [4.69, 9.17) is 9.47 Å². The summed E-state index contributed by atoms with van der Waals surface area (Å²) in [5, 5.41) is 0. The zero-order valence-electron chi connectivity index (χ0n) is 24.6. The second-order valence-electron chi connectivity index (χ2n) is 10.8. The highest BCUT2D eigenvalue weighted by Gasteiger charge is 2.14. The third kappa shape index (κ3) is 17.7. The van der Waals surface area contributed by atoms with E-state index in [0.717, 1.165) is 17.9 Å². The largest absolute Gasteiger partial charge is 0.491 e. The van der Waals surface area contributed by atoms with Crippen molar-refractivity contribution < 1.29 is 30.7 Å². The molecule has 2 rings (SSSR count). The Labute approximate surface area is 248 Å². The highest BCUT2D eigenvalue weighted by Crippen LogP contribution is 2.24. The number of ether oxygens (including phenoxy) is 2. The van der Waals surface area contributed by atoms with Crippen LogP contribution in [0.25, 0.3) is 0 Å². The predicted molar refractivity (Wildman–Crippen MR) is 164 cm³/mol. The maximum Gasteiger partial charge on any atom is 0.357 e. The normalized spacial score (nSPS) is 11.7. The molecule has 0 aliphatic rings. The Morgan fingerprint density at radius 1 is 0.605 bits per heavy atom. The number of benzene rings is 2. The highest BCUT2D eigenvalue weighted by atomic mass is 127. The van der Waals surface area contributed by atoms with Crippen LogP contribution in [0.15, 0.2) is 54.6 Å². The Morgan fingerprint density at radius 3 is 1.82 bits per heavy atom. The molecule has 0 aromatic heterocycles. The van der Waals surface area contributed by atoms with Crippen molar-refractivity contribution >= 4 is 9.52 Å². The van der Waals surface area contributed by atoms with Gasteiger partial charge >= 0.3 is 21.2 Å². The molecular weight excluding hydrogens is 595 g/mol. The summed E-state index contributed by atoms with van der Waals surface area (Å²) in [5.74, 6) is 0.953. The van der Waals surface area contributed by atoms with Crippen LogP contribution in [0.1, 0.15) is 110 Å². The Kier molecular flexibility index (Phi) is 21.1. The fourth-order valence-corrected chi connectivity index (χ4v) is 9.45. The fourth-order valence-electron chi connectivity index (χ4n) is 5.01. The minimum absolute atomic E-state index is 0.0217. The van der Waals surface area contributed by atoms with Crippen LogP contribution in [0.5, 0.6) is 5.75 Å². The summed E-state index contributed by atoms with van der Waals surface area (Å²) < 4.78 is 14.7. The van der Waals surface area contributed by atoms with Crippen molar-refractivity contribution in [2.24, 2.45) is 0 Å². The van der Waals surface area contributed by atoms with Crippen molar-refractivity contribution in [1.82, 2.24) is 0 Å². The summed E-state index contributed by atoms with van der Waals surface area (Å²) >= 11 is -0.107. The molecule has 2 aromatic carbocycles. The third-order valence-electron chi connectivity index (χ3n) is 7.34. The predicted octanol–water partition coefficient (Wildman–Crippen LogP) is 6.48. The van der Waals surface area contributed by atoms with Crippen LogP contribution in [-0.4, -0.2) is 29.3 Å². The van der Waals surface area contributed by atoms with Crippen LogP contribution < -0.4 is 25.9 Å². The van der Waals surface area contributed by atoms with Crippen molar-refractivity contribution in [3.05, 3.63) is 61.7 Å². The highest BCUT2D eigenvalue weighted by molar-refractivity contribution is 6.37. The first-order chi connectivity index (χ1) is 18.8. The van der Waals surface area contributed by atoms with Crippen LogP contribution in [0, 0.1) is 7.14 Å². The van der Waals surface area contributed by atoms with Crippen molar-refractivity contribution in [1.29, 1.82) is 0 Å². The second kappa shape index (κ2) is 24.0. The zero-order chi connectivity index (χ0) is 26.9. The van der Waals surface area contributed by atoms with Gasteiger partial charge in [-0.3, -0.25) is 0 Å². The molecular formula is C34H56IO2Si+.